The van der Waals surface area contributed by atoms with E-state index >= 15 is 0 Å². The fourth-order valence-electron chi connectivity index (χ4n) is 2.15. The highest BCUT2D eigenvalue weighted by atomic mass is 16.5. The molecule has 0 aliphatic heterocycles. The van der Waals surface area contributed by atoms with Gasteiger partial charge in [-0.2, -0.15) is 0 Å². The minimum atomic E-state index is -0.519. The first-order valence-corrected chi connectivity index (χ1v) is 8.67. The number of nitrogens with one attached hydrogen (secondary N) is 1. The molecule has 4 nitrogen and oxygen atoms in total. The SMILES string of the molecule is C=C(C)C(=O)OCC(=O)NCCCCCCCCCCCC. The maximum absolute atomic E-state index is 11.4. The van der Waals surface area contributed by atoms with E-state index in [0.29, 0.717) is 12.1 Å². The summed E-state index contributed by atoms with van der Waals surface area (Å²) in [5.74, 6) is -0.764. The minimum Gasteiger partial charge on any atom is -0.452 e. The summed E-state index contributed by atoms with van der Waals surface area (Å²) in [5, 5.41) is 2.76. The molecule has 1 amide bonds. The number of amides is 1. The maximum Gasteiger partial charge on any atom is 0.333 e. The van der Waals surface area contributed by atoms with Crippen LogP contribution >= 0.6 is 0 Å². The number of ether oxygens (including phenoxy) is 1. The fourth-order valence-corrected chi connectivity index (χ4v) is 2.15. The first-order valence-electron chi connectivity index (χ1n) is 8.67. The van der Waals surface area contributed by atoms with Crippen LogP contribution in [0.15, 0.2) is 12.2 Å². The predicted molar refractivity (Wildman–Crippen MR) is 90.6 cm³/mol. The average Bonchev–Trinajstić information content (AvgIpc) is 2.50. The van der Waals surface area contributed by atoms with Crippen molar-refractivity contribution in [2.75, 3.05) is 13.2 Å². The van der Waals surface area contributed by atoms with Crippen molar-refractivity contribution in [2.24, 2.45) is 0 Å². The van der Waals surface area contributed by atoms with Crippen LogP contribution in [0.2, 0.25) is 0 Å². The van der Waals surface area contributed by atoms with Crippen LogP contribution in [-0.2, 0) is 14.3 Å². The van der Waals surface area contributed by atoms with Crippen molar-refractivity contribution < 1.29 is 14.3 Å². The molecule has 0 fully saturated rings. The van der Waals surface area contributed by atoms with Gasteiger partial charge in [-0.15, -0.1) is 0 Å². The second-order valence-electron chi connectivity index (χ2n) is 5.89. The first-order chi connectivity index (χ1) is 10.6. The van der Waals surface area contributed by atoms with Crippen molar-refractivity contribution in [1.29, 1.82) is 0 Å². The highest BCUT2D eigenvalue weighted by Crippen LogP contribution is 2.10. The molecule has 1 N–H and O–H groups in total. The van der Waals surface area contributed by atoms with E-state index in [9.17, 15) is 9.59 Å². The van der Waals surface area contributed by atoms with Gasteiger partial charge in [-0.25, -0.2) is 4.79 Å². The van der Waals surface area contributed by atoms with Crippen molar-refractivity contribution in [3.8, 4) is 0 Å². The third-order valence-electron chi connectivity index (χ3n) is 3.54. The third-order valence-corrected chi connectivity index (χ3v) is 3.54. The summed E-state index contributed by atoms with van der Waals surface area (Å²) >= 11 is 0. The topological polar surface area (TPSA) is 55.4 Å². The molecule has 0 aromatic heterocycles. The summed E-state index contributed by atoms with van der Waals surface area (Å²) in [7, 11) is 0. The second-order valence-corrected chi connectivity index (χ2v) is 5.89. The normalized spacial score (nSPS) is 10.3. The van der Waals surface area contributed by atoms with Crippen LogP contribution in [0.25, 0.3) is 0 Å². The molecule has 0 heterocycles. The van der Waals surface area contributed by atoms with Gasteiger partial charge >= 0.3 is 5.97 Å². The Morgan fingerprint density at radius 1 is 0.909 bits per heavy atom. The Kier molecular flexibility index (Phi) is 13.7. The van der Waals surface area contributed by atoms with E-state index in [0.717, 1.165) is 12.8 Å². The Hall–Kier alpha value is -1.32. The average molecular weight is 311 g/mol. The monoisotopic (exact) mass is 311 g/mol. The van der Waals surface area contributed by atoms with Gasteiger partial charge in [0, 0.05) is 12.1 Å². The second kappa shape index (κ2) is 14.6. The van der Waals surface area contributed by atoms with E-state index < -0.39 is 5.97 Å². The Morgan fingerprint density at radius 2 is 1.41 bits per heavy atom. The van der Waals surface area contributed by atoms with Crippen molar-refractivity contribution in [2.45, 2.75) is 78.1 Å². The molecule has 128 valence electrons. The quantitative estimate of drug-likeness (QED) is 0.298. The highest BCUT2D eigenvalue weighted by molar-refractivity contribution is 5.89. The van der Waals surface area contributed by atoms with Gasteiger partial charge < -0.3 is 10.1 Å². The van der Waals surface area contributed by atoms with Crippen LogP contribution in [0, 0.1) is 0 Å². The summed E-state index contributed by atoms with van der Waals surface area (Å²) in [5.41, 5.74) is 0.308. The molecule has 4 heteroatoms. The van der Waals surface area contributed by atoms with Gasteiger partial charge in [0.15, 0.2) is 6.61 Å². The van der Waals surface area contributed by atoms with Crippen LogP contribution < -0.4 is 5.32 Å². The lowest BCUT2D eigenvalue weighted by atomic mass is 10.1. The Balaban J connectivity index is 3.27. The molecule has 0 atom stereocenters. The molecule has 0 aliphatic rings. The van der Waals surface area contributed by atoms with Crippen LogP contribution in [0.4, 0.5) is 0 Å². The zero-order valence-corrected chi connectivity index (χ0v) is 14.4. The standard InChI is InChI=1S/C18H33NO3/c1-4-5-6-7-8-9-10-11-12-13-14-19-17(20)15-22-18(21)16(2)3/h2,4-15H2,1,3H3,(H,19,20). The molecular weight excluding hydrogens is 278 g/mol. The Morgan fingerprint density at radius 3 is 1.91 bits per heavy atom. The molecule has 0 saturated carbocycles. The largest absolute Gasteiger partial charge is 0.452 e. The van der Waals surface area contributed by atoms with Gasteiger partial charge in [-0.05, 0) is 13.3 Å². The zero-order valence-electron chi connectivity index (χ0n) is 14.4. The number of carbonyl (C=O) groups is 2. The number of esters is 1. The predicted octanol–water partition coefficient (Wildman–Crippen LogP) is 4.14. The van der Waals surface area contributed by atoms with E-state index in [-0.39, 0.29) is 12.5 Å². The summed E-state index contributed by atoms with van der Waals surface area (Å²) in [4.78, 5) is 22.5. The van der Waals surface area contributed by atoms with Gasteiger partial charge in [0.25, 0.3) is 5.91 Å². The lowest BCUT2D eigenvalue weighted by Crippen LogP contribution is -2.29. The van der Waals surface area contributed by atoms with Gasteiger partial charge in [0.1, 0.15) is 0 Å². The molecule has 0 rings (SSSR count). The van der Waals surface area contributed by atoms with Gasteiger partial charge in [0.05, 0.1) is 0 Å². The molecule has 0 aliphatic carbocycles. The lowest BCUT2D eigenvalue weighted by Gasteiger charge is -2.06. The van der Waals surface area contributed by atoms with Crippen LogP contribution in [0.3, 0.4) is 0 Å². The Bertz CT molecular complexity index is 326. The van der Waals surface area contributed by atoms with Crippen molar-refractivity contribution in [3.63, 3.8) is 0 Å². The maximum atomic E-state index is 11.4. The molecule has 0 saturated heterocycles. The molecule has 0 aromatic carbocycles. The molecule has 0 unspecified atom stereocenters. The van der Waals surface area contributed by atoms with Gasteiger partial charge in [-0.1, -0.05) is 71.3 Å². The van der Waals surface area contributed by atoms with E-state index in [2.05, 4.69) is 18.8 Å². The third kappa shape index (κ3) is 13.7. The number of carbonyl (C=O) groups excluding carboxylic acids is 2. The van der Waals surface area contributed by atoms with E-state index in [1.54, 1.807) is 6.92 Å². The van der Waals surface area contributed by atoms with E-state index in [1.807, 2.05) is 0 Å². The molecule has 0 bridgehead atoms. The summed E-state index contributed by atoms with van der Waals surface area (Å²) < 4.78 is 4.77. The fraction of sp³-hybridized carbons (Fsp3) is 0.778. The summed E-state index contributed by atoms with van der Waals surface area (Å²) in [6, 6.07) is 0. The highest BCUT2D eigenvalue weighted by Gasteiger charge is 2.06. The number of hydrogen-bond donors (Lipinski definition) is 1. The van der Waals surface area contributed by atoms with Crippen LogP contribution in [0.5, 0.6) is 0 Å². The van der Waals surface area contributed by atoms with Crippen molar-refractivity contribution in [3.05, 3.63) is 12.2 Å². The van der Waals surface area contributed by atoms with Crippen molar-refractivity contribution >= 4 is 11.9 Å². The van der Waals surface area contributed by atoms with Gasteiger partial charge in [-0.3, -0.25) is 4.79 Å². The molecule has 22 heavy (non-hydrogen) atoms. The lowest BCUT2D eigenvalue weighted by molar-refractivity contribution is -0.144. The summed E-state index contributed by atoms with van der Waals surface area (Å²) in [6.07, 6.45) is 12.7. The zero-order chi connectivity index (χ0) is 16.6. The Labute approximate surface area is 135 Å². The number of unbranched alkanes of at least 4 members (excludes halogenated alkanes) is 9. The molecule has 0 spiro atoms. The van der Waals surface area contributed by atoms with Crippen LogP contribution in [-0.4, -0.2) is 25.0 Å². The van der Waals surface area contributed by atoms with Crippen molar-refractivity contribution in [1.82, 2.24) is 5.32 Å². The van der Waals surface area contributed by atoms with Crippen LogP contribution in [0.1, 0.15) is 78.1 Å². The minimum absolute atomic E-state index is 0.219. The first kappa shape index (κ1) is 20.7. The molecule has 0 radical (unpaired) electrons. The number of hydrogen-bond acceptors (Lipinski definition) is 3. The number of rotatable bonds is 14. The molecule has 0 aromatic rings. The van der Waals surface area contributed by atoms with Gasteiger partial charge in [0.2, 0.25) is 0 Å². The van der Waals surface area contributed by atoms with E-state index in [4.69, 9.17) is 4.74 Å². The van der Waals surface area contributed by atoms with E-state index in [1.165, 1.54) is 51.4 Å². The summed E-state index contributed by atoms with van der Waals surface area (Å²) in [6.45, 7) is 7.69. The molecular formula is C18H33NO3. The smallest absolute Gasteiger partial charge is 0.333 e.